The lowest BCUT2D eigenvalue weighted by Crippen LogP contribution is -2.43. The van der Waals surface area contributed by atoms with E-state index in [2.05, 4.69) is 15.3 Å². The second-order valence-electron chi connectivity index (χ2n) is 8.49. The number of amides is 3. The molecule has 0 saturated heterocycles. The summed E-state index contributed by atoms with van der Waals surface area (Å²) in [5.41, 5.74) is 2.51. The Hall–Kier alpha value is -3.39. The van der Waals surface area contributed by atoms with E-state index in [1.54, 1.807) is 30.5 Å². The molecule has 2 unspecified atom stereocenters. The van der Waals surface area contributed by atoms with Crippen LogP contribution in [0.4, 0.5) is 0 Å². The van der Waals surface area contributed by atoms with E-state index in [1.165, 1.54) is 16.2 Å². The van der Waals surface area contributed by atoms with Crippen LogP contribution in [0.25, 0.3) is 10.7 Å². The molecule has 3 amide bonds. The fourth-order valence-electron chi connectivity index (χ4n) is 4.71. The summed E-state index contributed by atoms with van der Waals surface area (Å²) in [4.78, 5) is 48.9. The highest BCUT2D eigenvalue weighted by atomic mass is 32.1. The van der Waals surface area contributed by atoms with Crippen molar-refractivity contribution in [3.8, 4) is 10.7 Å². The molecule has 1 aliphatic carbocycles. The molecule has 0 radical (unpaired) electrons. The minimum atomic E-state index is -0.259. The third-order valence-corrected chi connectivity index (χ3v) is 7.33. The Bertz CT molecular complexity index is 1160. The molecule has 8 heteroatoms. The van der Waals surface area contributed by atoms with E-state index in [0.717, 1.165) is 42.1 Å². The first-order valence-electron chi connectivity index (χ1n) is 11.2. The number of rotatable bonds is 6. The molecule has 1 N–H and O–H groups in total. The number of carbonyl (C=O) groups is 3. The summed E-state index contributed by atoms with van der Waals surface area (Å²) in [7, 11) is 0. The van der Waals surface area contributed by atoms with Crippen LogP contribution in [0.2, 0.25) is 0 Å². The average molecular weight is 461 g/mol. The Morgan fingerprint density at radius 1 is 1.03 bits per heavy atom. The van der Waals surface area contributed by atoms with Crippen LogP contribution in [-0.2, 0) is 11.3 Å². The number of carbonyl (C=O) groups excluding carboxylic acids is 3. The number of hydrogen-bond donors (Lipinski definition) is 1. The van der Waals surface area contributed by atoms with E-state index in [0.29, 0.717) is 17.7 Å². The second kappa shape index (κ2) is 9.23. The summed E-state index contributed by atoms with van der Waals surface area (Å²) < 4.78 is 0. The Morgan fingerprint density at radius 2 is 1.76 bits per heavy atom. The van der Waals surface area contributed by atoms with Gasteiger partial charge in [-0.05, 0) is 43.0 Å². The molecule has 0 bridgehead atoms. The van der Waals surface area contributed by atoms with Gasteiger partial charge in [0.25, 0.3) is 11.8 Å². The van der Waals surface area contributed by atoms with Gasteiger partial charge in [-0.1, -0.05) is 31.0 Å². The SMILES string of the molecule is O=C(NCc1csc(-c2ccccn2)n1)C1CCCCC1CN1C(=O)c2ccccc2C1=O. The van der Waals surface area contributed by atoms with Crippen LogP contribution in [0.1, 0.15) is 52.1 Å². The molecule has 0 spiro atoms. The summed E-state index contributed by atoms with van der Waals surface area (Å²) in [5, 5.41) is 5.78. The van der Waals surface area contributed by atoms with Gasteiger partial charge in [-0.2, -0.15) is 0 Å². The molecule has 3 aromatic rings. The number of pyridine rings is 1. The van der Waals surface area contributed by atoms with Crippen molar-refractivity contribution in [2.45, 2.75) is 32.2 Å². The van der Waals surface area contributed by atoms with Crippen molar-refractivity contribution in [2.75, 3.05) is 6.54 Å². The van der Waals surface area contributed by atoms with E-state index < -0.39 is 0 Å². The molecule has 1 saturated carbocycles. The third-order valence-electron chi connectivity index (χ3n) is 6.42. The monoisotopic (exact) mass is 460 g/mol. The van der Waals surface area contributed by atoms with Gasteiger partial charge in [-0.15, -0.1) is 11.3 Å². The van der Waals surface area contributed by atoms with Gasteiger partial charge in [0.05, 0.1) is 29.1 Å². The predicted octanol–water partition coefficient (Wildman–Crippen LogP) is 3.92. The number of fused-ring (bicyclic) bond motifs is 1. The van der Waals surface area contributed by atoms with Crippen LogP contribution in [0.15, 0.2) is 54.0 Å². The number of nitrogens with one attached hydrogen (secondary N) is 1. The van der Waals surface area contributed by atoms with E-state index in [4.69, 9.17) is 0 Å². The van der Waals surface area contributed by atoms with Crippen molar-refractivity contribution in [3.63, 3.8) is 0 Å². The molecular weight excluding hydrogens is 436 g/mol. The fourth-order valence-corrected chi connectivity index (χ4v) is 5.51. The molecule has 1 aromatic carbocycles. The number of nitrogens with zero attached hydrogens (tertiary/aromatic N) is 3. The maximum absolute atomic E-state index is 13.1. The van der Waals surface area contributed by atoms with E-state index >= 15 is 0 Å². The number of thiazole rings is 1. The van der Waals surface area contributed by atoms with Crippen molar-refractivity contribution in [1.29, 1.82) is 0 Å². The quantitative estimate of drug-likeness (QED) is 0.563. The first kappa shape index (κ1) is 21.5. The normalized spacial score (nSPS) is 20.1. The smallest absolute Gasteiger partial charge is 0.261 e. The first-order valence-corrected chi connectivity index (χ1v) is 12.1. The van der Waals surface area contributed by atoms with E-state index in [1.807, 2.05) is 23.6 Å². The zero-order chi connectivity index (χ0) is 22.8. The first-order chi connectivity index (χ1) is 16.1. The van der Waals surface area contributed by atoms with Crippen LogP contribution in [0, 0.1) is 11.8 Å². The van der Waals surface area contributed by atoms with Gasteiger partial charge in [0.15, 0.2) is 0 Å². The molecular formula is C25H24N4O3S. The lowest BCUT2D eigenvalue weighted by Gasteiger charge is -2.32. The molecule has 7 nitrogen and oxygen atoms in total. The molecule has 3 heterocycles. The molecule has 168 valence electrons. The van der Waals surface area contributed by atoms with Gasteiger partial charge in [0.2, 0.25) is 5.91 Å². The van der Waals surface area contributed by atoms with Gasteiger partial charge in [0, 0.05) is 24.0 Å². The topological polar surface area (TPSA) is 92.3 Å². The van der Waals surface area contributed by atoms with Crippen molar-refractivity contribution in [2.24, 2.45) is 11.8 Å². The highest BCUT2D eigenvalue weighted by Gasteiger charge is 2.39. The van der Waals surface area contributed by atoms with Gasteiger partial charge < -0.3 is 5.32 Å². The van der Waals surface area contributed by atoms with Crippen molar-refractivity contribution >= 4 is 29.1 Å². The fraction of sp³-hybridized carbons (Fsp3) is 0.320. The van der Waals surface area contributed by atoms with E-state index in [9.17, 15) is 14.4 Å². The number of aromatic nitrogens is 2. The Morgan fingerprint density at radius 3 is 2.48 bits per heavy atom. The van der Waals surface area contributed by atoms with Crippen molar-refractivity contribution in [3.05, 3.63) is 70.9 Å². The maximum Gasteiger partial charge on any atom is 0.261 e. The van der Waals surface area contributed by atoms with Crippen LogP contribution in [-0.4, -0.2) is 39.1 Å². The Labute approximate surface area is 195 Å². The zero-order valence-electron chi connectivity index (χ0n) is 18.1. The van der Waals surface area contributed by atoms with Gasteiger partial charge in [-0.25, -0.2) is 4.98 Å². The van der Waals surface area contributed by atoms with Crippen LogP contribution < -0.4 is 5.32 Å². The van der Waals surface area contributed by atoms with Crippen molar-refractivity contribution in [1.82, 2.24) is 20.2 Å². The average Bonchev–Trinajstić information content (AvgIpc) is 3.43. The Kier molecular flexibility index (Phi) is 6.00. The minimum Gasteiger partial charge on any atom is -0.350 e. The molecule has 5 rings (SSSR count). The zero-order valence-corrected chi connectivity index (χ0v) is 18.9. The summed E-state index contributed by atoms with van der Waals surface area (Å²) >= 11 is 1.50. The minimum absolute atomic E-state index is 0.0382. The van der Waals surface area contributed by atoms with Crippen LogP contribution >= 0.6 is 11.3 Å². The summed E-state index contributed by atoms with van der Waals surface area (Å²) in [6.07, 6.45) is 5.28. The summed E-state index contributed by atoms with van der Waals surface area (Å²) in [5.74, 6) is -0.823. The lowest BCUT2D eigenvalue weighted by molar-refractivity contribution is -0.128. The molecule has 2 atom stereocenters. The number of hydrogen-bond acceptors (Lipinski definition) is 6. The van der Waals surface area contributed by atoms with E-state index in [-0.39, 0.29) is 36.1 Å². The highest BCUT2D eigenvalue weighted by Crippen LogP contribution is 2.33. The predicted molar refractivity (Wildman–Crippen MR) is 124 cm³/mol. The highest BCUT2D eigenvalue weighted by molar-refractivity contribution is 7.13. The number of imide groups is 1. The third kappa shape index (κ3) is 4.30. The van der Waals surface area contributed by atoms with Gasteiger partial charge >= 0.3 is 0 Å². The van der Waals surface area contributed by atoms with Gasteiger partial charge in [0.1, 0.15) is 5.01 Å². The molecule has 1 fully saturated rings. The Balaban J connectivity index is 1.23. The standard InChI is InChI=1S/C25H24N4O3S/c30-22(27-13-17-15-33-23(28-17)21-11-5-6-12-26-21)18-8-2-1-7-16(18)14-29-24(31)19-9-3-4-10-20(19)25(29)32/h3-6,9-12,15-16,18H,1-2,7-8,13-14H2,(H,27,30). The van der Waals surface area contributed by atoms with Gasteiger partial charge in [-0.3, -0.25) is 24.3 Å². The second-order valence-corrected chi connectivity index (χ2v) is 9.35. The van der Waals surface area contributed by atoms with Crippen LogP contribution in [0.5, 0.6) is 0 Å². The largest absolute Gasteiger partial charge is 0.350 e. The molecule has 33 heavy (non-hydrogen) atoms. The number of benzene rings is 1. The summed E-state index contributed by atoms with van der Waals surface area (Å²) in [6, 6.07) is 12.6. The molecule has 1 aliphatic heterocycles. The van der Waals surface area contributed by atoms with Crippen LogP contribution in [0.3, 0.4) is 0 Å². The molecule has 2 aromatic heterocycles. The lowest BCUT2D eigenvalue weighted by atomic mass is 9.78. The molecule has 2 aliphatic rings. The summed E-state index contributed by atoms with van der Waals surface area (Å²) in [6.45, 7) is 0.628. The van der Waals surface area contributed by atoms with Crippen molar-refractivity contribution < 1.29 is 14.4 Å². The maximum atomic E-state index is 13.1.